The van der Waals surface area contributed by atoms with E-state index in [-0.39, 0.29) is 16.5 Å². The van der Waals surface area contributed by atoms with Crippen LogP contribution >= 0.6 is 15.9 Å². The summed E-state index contributed by atoms with van der Waals surface area (Å²) in [6, 6.07) is 6.26. The molecule has 2 rings (SSSR count). The number of ether oxygens (including phenoxy) is 2. The van der Waals surface area contributed by atoms with E-state index in [9.17, 15) is 0 Å². The van der Waals surface area contributed by atoms with Gasteiger partial charge >= 0.3 is 0 Å². The number of fused-ring (bicyclic) bond motifs is 1. The van der Waals surface area contributed by atoms with E-state index in [0.29, 0.717) is 6.61 Å². The average molecular weight is 299 g/mol. The Kier molecular flexibility index (Phi) is 3.50. The third-order valence-electron chi connectivity index (χ3n) is 2.97. The van der Waals surface area contributed by atoms with E-state index in [1.165, 1.54) is 11.1 Å². The second kappa shape index (κ2) is 4.62. The molecule has 1 heterocycles. The first-order chi connectivity index (χ1) is 7.90. The molecule has 1 aliphatic heterocycles. The topological polar surface area (TPSA) is 18.5 Å². The Labute approximate surface area is 111 Å². The monoisotopic (exact) mass is 298 g/mol. The van der Waals surface area contributed by atoms with E-state index in [4.69, 9.17) is 9.47 Å². The second-order valence-corrected chi connectivity index (χ2v) is 6.31. The van der Waals surface area contributed by atoms with Gasteiger partial charge in [0, 0.05) is 0 Å². The lowest BCUT2D eigenvalue weighted by Gasteiger charge is -2.35. The predicted molar refractivity (Wildman–Crippen MR) is 72.9 cm³/mol. The van der Waals surface area contributed by atoms with Gasteiger partial charge in [0.25, 0.3) is 0 Å². The van der Waals surface area contributed by atoms with Crippen LogP contribution in [0.3, 0.4) is 0 Å². The summed E-state index contributed by atoms with van der Waals surface area (Å²) < 4.78 is 11.6. The zero-order valence-corrected chi connectivity index (χ0v) is 12.4. The van der Waals surface area contributed by atoms with Crippen molar-refractivity contribution in [1.29, 1.82) is 0 Å². The fraction of sp³-hybridized carbons (Fsp3) is 0.571. The lowest BCUT2D eigenvalue weighted by molar-refractivity contribution is -0.0320. The molecule has 1 aliphatic rings. The molecular formula is C14H19BrO2. The van der Waals surface area contributed by atoms with Crippen molar-refractivity contribution in [3.63, 3.8) is 0 Å². The molecule has 0 saturated heterocycles. The smallest absolute Gasteiger partial charge is 0.120 e. The van der Waals surface area contributed by atoms with Crippen LogP contribution in [-0.2, 0) is 10.3 Å². The fourth-order valence-electron chi connectivity index (χ4n) is 2.14. The Morgan fingerprint density at radius 3 is 2.76 bits per heavy atom. The van der Waals surface area contributed by atoms with Gasteiger partial charge in [-0.3, -0.25) is 0 Å². The van der Waals surface area contributed by atoms with E-state index in [2.05, 4.69) is 41.9 Å². The molecule has 3 heteroatoms. The van der Waals surface area contributed by atoms with Crippen molar-refractivity contribution >= 4 is 15.9 Å². The molecule has 2 nitrogen and oxygen atoms in total. The number of halogens is 1. The molecule has 0 spiro atoms. The minimum absolute atomic E-state index is 0.203. The molecule has 0 fully saturated rings. The highest BCUT2D eigenvalue weighted by Crippen LogP contribution is 2.41. The zero-order valence-electron chi connectivity index (χ0n) is 10.8. The maximum absolute atomic E-state index is 5.84. The molecule has 0 saturated carbocycles. The Hall–Kier alpha value is -0.540. The highest BCUT2D eigenvalue weighted by molar-refractivity contribution is 9.09. The zero-order chi connectivity index (χ0) is 12.6. The summed E-state index contributed by atoms with van der Waals surface area (Å²) in [7, 11) is 0. The summed E-state index contributed by atoms with van der Waals surface area (Å²) in [6.07, 6.45) is 0.203. The lowest BCUT2D eigenvalue weighted by Crippen LogP contribution is -2.30. The van der Waals surface area contributed by atoms with Crippen LogP contribution in [0.15, 0.2) is 18.2 Å². The average Bonchev–Trinajstić information content (AvgIpc) is 2.23. The van der Waals surface area contributed by atoms with Gasteiger partial charge in [0.1, 0.15) is 5.75 Å². The maximum Gasteiger partial charge on any atom is 0.120 e. The number of benzene rings is 1. The van der Waals surface area contributed by atoms with Crippen LogP contribution in [0, 0.1) is 0 Å². The molecule has 0 N–H and O–H groups in total. The number of alkyl halides is 1. The van der Waals surface area contributed by atoms with E-state index >= 15 is 0 Å². The summed E-state index contributed by atoms with van der Waals surface area (Å²) in [5, 5.41) is 0. The van der Waals surface area contributed by atoms with Gasteiger partial charge in [-0.25, -0.2) is 0 Å². The van der Waals surface area contributed by atoms with Crippen LogP contribution in [0.1, 0.15) is 43.6 Å². The van der Waals surface area contributed by atoms with Crippen molar-refractivity contribution in [2.75, 3.05) is 6.61 Å². The van der Waals surface area contributed by atoms with Crippen molar-refractivity contribution in [2.24, 2.45) is 0 Å². The first-order valence-corrected chi connectivity index (χ1v) is 6.91. The second-order valence-electron chi connectivity index (χ2n) is 5.20. The number of rotatable bonds is 2. The summed E-state index contributed by atoms with van der Waals surface area (Å²) in [4.78, 5) is 0.251. The van der Waals surface area contributed by atoms with Gasteiger partial charge in [-0.1, -0.05) is 22.0 Å². The Morgan fingerprint density at radius 2 is 2.12 bits per heavy atom. The van der Waals surface area contributed by atoms with Gasteiger partial charge < -0.3 is 9.47 Å². The molecule has 94 valence electrons. The summed E-state index contributed by atoms with van der Waals surface area (Å²) in [6.45, 7) is 8.99. The third kappa shape index (κ3) is 2.66. The maximum atomic E-state index is 5.84. The highest BCUT2D eigenvalue weighted by Gasteiger charge is 2.32. The van der Waals surface area contributed by atoms with Crippen LogP contribution in [0.2, 0.25) is 0 Å². The van der Waals surface area contributed by atoms with Gasteiger partial charge in [-0.05, 0) is 51.0 Å². The van der Waals surface area contributed by atoms with Gasteiger partial charge in [-0.15, -0.1) is 0 Å². The Balaban J connectivity index is 2.39. The fourth-order valence-corrected chi connectivity index (χ4v) is 2.65. The van der Waals surface area contributed by atoms with Gasteiger partial charge in [0.2, 0.25) is 0 Å². The quantitative estimate of drug-likeness (QED) is 0.763. The van der Waals surface area contributed by atoms with E-state index in [0.717, 1.165) is 5.75 Å². The van der Waals surface area contributed by atoms with Crippen molar-refractivity contribution in [2.45, 2.75) is 44.2 Å². The van der Waals surface area contributed by atoms with Crippen LogP contribution in [0.5, 0.6) is 5.75 Å². The standard InChI is InChI=1S/C14H19BrO2/c1-9(2)17-10-5-6-12-11(7-10)13(15)8-16-14(12,3)4/h5-7,9,13H,8H2,1-4H3/t13-/m0/s1. The molecule has 0 aromatic heterocycles. The van der Waals surface area contributed by atoms with Gasteiger partial charge in [0.15, 0.2) is 0 Å². The lowest BCUT2D eigenvalue weighted by atomic mass is 9.89. The predicted octanol–water partition coefficient (Wildman–Crippen LogP) is 4.18. The molecule has 1 aromatic rings. The first-order valence-electron chi connectivity index (χ1n) is 5.99. The van der Waals surface area contributed by atoms with Crippen molar-refractivity contribution < 1.29 is 9.47 Å². The van der Waals surface area contributed by atoms with Crippen molar-refractivity contribution in [3.05, 3.63) is 29.3 Å². The highest BCUT2D eigenvalue weighted by atomic mass is 79.9. The molecule has 1 aromatic carbocycles. The molecule has 17 heavy (non-hydrogen) atoms. The molecule has 0 bridgehead atoms. The van der Waals surface area contributed by atoms with Gasteiger partial charge in [0.05, 0.1) is 23.1 Å². The SMILES string of the molecule is CC(C)Oc1ccc2c(c1)[C@@H](Br)COC2(C)C. The molecule has 1 atom stereocenters. The van der Waals surface area contributed by atoms with E-state index in [1.54, 1.807) is 0 Å². The molecule has 0 amide bonds. The van der Waals surface area contributed by atoms with Crippen molar-refractivity contribution in [3.8, 4) is 5.75 Å². The normalized spacial score (nSPS) is 22.4. The summed E-state index contributed by atoms with van der Waals surface area (Å²) in [5.74, 6) is 0.931. The van der Waals surface area contributed by atoms with Gasteiger partial charge in [-0.2, -0.15) is 0 Å². The van der Waals surface area contributed by atoms with E-state index < -0.39 is 0 Å². The molecule has 0 unspecified atom stereocenters. The minimum Gasteiger partial charge on any atom is -0.491 e. The summed E-state index contributed by atoms with van der Waals surface area (Å²) >= 11 is 3.66. The summed E-state index contributed by atoms with van der Waals surface area (Å²) in [5.41, 5.74) is 2.30. The van der Waals surface area contributed by atoms with Crippen LogP contribution in [-0.4, -0.2) is 12.7 Å². The number of hydrogen-bond donors (Lipinski definition) is 0. The van der Waals surface area contributed by atoms with E-state index in [1.807, 2.05) is 19.9 Å². The molecule has 0 radical (unpaired) electrons. The molecule has 0 aliphatic carbocycles. The van der Waals surface area contributed by atoms with Crippen molar-refractivity contribution in [1.82, 2.24) is 0 Å². The van der Waals surface area contributed by atoms with Crippen LogP contribution < -0.4 is 4.74 Å². The first kappa shape index (κ1) is 12.9. The molecular weight excluding hydrogens is 280 g/mol. The Morgan fingerprint density at radius 1 is 1.41 bits per heavy atom. The largest absolute Gasteiger partial charge is 0.491 e. The number of hydrogen-bond acceptors (Lipinski definition) is 2. The van der Waals surface area contributed by atoms with Crippen LogP contribution in [0.25, 0.3) is 0 Å². The third-order valence-corrected chi connectivity index (χ3v) is 3.73. The van der Waals surface area contributed by atoms with Crippen LogP contribution in [0.4, 0.5) is 0 Å². The minimum atomic E-state index is -0.212. The Bertz CT molecular complexity index is 413.